The number of nitrogens with one attached hydrogen (secondary N) is 1. The Morgan fingerprint density at radius 1 is 0.846 bits per heavy atom. The molecule has 1 aliphatic rings. The summed E-state index contributed by atoms with van der Waals surface area (Å²) in [6.07, 6.45) is 11.4. The molecule has 10 heteroatoms. The van der Waals surface area contributed by atoms with E-state index in [2.05, 4.69) is 45.4 Å². The predicted molar refractivity (Wildman–Crippen MR) is 215 cm³/mol. The van der Waals surface area contributed by atoms with Gasteiger partial charge < -0.3 is 15.1 Å². The third-order valence-electron chi connectivity index (χ3n) is 10.1. The van der Waals surface area contributed by atoms with Gasteiger partial charge in [0, 0.05) is 66.4 Å². The van der Waals surface area contributed by atoms with Crippen LogP contribution >= 0.6 is 34.8 Å². The molecule has 1 aliphatic heterocycles. The van der Waals surface area contributed by atoms with E-state index in [0.29, 0.717) is 51.4 Å². The second-order valence-corrected chi connectivity index (χ2v) is 15.1. The van der Waals surface area contributed by atoms with Crippen LogP contribution in [0.4, 0.5) is 0 Å². The number of hydrogen-bond acceptors (Lipinski definition) is 4. The Balaban J connectivity index is 1.01. The van der Waals surface area contributed by atoms with Crippen LogP contribution in [0, 0.1) is 6.92 Å². The number of rotatable bonds is 18. The van der Waals surface area contributed by atoms with Crippen LogP contribution in [-0.4, -0.2) is 70.2 Å². The molecule has 0 atom stereocenters. The van der Waals surface area contributed by atoms with Crippen LogP contribution in [0.25, 0.3) is 16.9 Å². The van der Waals surface area contributed by atoms with Crippen LogP contribution in [0.2, 0.25) is 15.1 Å². The largest absolute Gasteiger partial charge is 0.351 e. The zero-order chi connectivity index (χ0) is 36.9. The molecule has 1 N–H and O–H groups in total. The fourth-order valence-corrected chi connectivity index (χ4v) is 7.78. The SMILES string of the molecule is CCC(=O)N(CCCCCCCCCNC(=O)c1nn(-c2ccc(Cl)cc2Cl)c(-c2ccc(Cl)cc2)c1C)C1CCN(CCc2ccccc2)CC1. The van der Waals surface area contributed by atoms with E-state index < -0.39 is 0 Å². The molecule has 1 fully saturated rings. The summed E-state index contributed by atoms with van der Waals surface area (Å²) < 4.78 is 1.71. The maximum atomic E-state index is 13.3. The first-order valence-corrected chi connectivity index (χ1v) is 20.0. The molecule has 0 bridgehead atoms. The van der Waals surface area contributed by atoms with Gasteiger partial charge in [0.05, 0.1) is 16.4 Å². The molecule has 5 rings (SSSR count). The van der Waals surface area contributed by atoms with Crippen molar-refractivity contribution in [3.63, 3.8) is 0 Å². The van der Waals surface area contributed by atoms with Gasteiger partial charge in [0.2, 0.25) is 5.91 Å². The van der Waals surface area contributed by atoms with E-state index in [4.69, 9.17) is 39.9 Å². The molecule has 2 amide bonds. The third-order valence-corrected chi connectivity index (χ3v) is 10.9. The normalized spacial score (nSPS) is 13.7. The summed E-state index contributed by atoms with van der Waals surface area (Å²) in [5, 5.41) is 9.39. The van der Waals surface area contributed by atoms with Gasteiger partial charge in [-0.15, -0.1) is 0 Å². The number of carbonyl (C=O) groups is 2. The first kappa shape index (κ1) is 39.8. The average molecular weight is 765 g/mol. The van der Waals surface area contributed by atoms with E-state index in [-0.39, 0.29) is 5.91 Å². The molecule has 52 heavy (non-hydrogen) atoms. The Morgan fingerprint density at radius 2 is 1.50 bits per heavy atom. The predicted octanol–water partition coefficient (Wildman–Crippen LogP) is 10.2. The molecular weight excluding hydrogens is 713 g/mol. The molecule has 2 heterocycles. The van der Waals surface area contributed by atoms with Gasteiger partial charge in [-0.2, -0.15) is 5.10 Å². The number of benzene rings is 3. The van der Waals surface area contributed by atoms with E-state index in [0.717, 1.165) is 107 Å². The van der Waals surface area contributed by atoms with Crippen LogP contribution in [-0.2, 0) is 11.2 Å². The molecule has 0 radical (unpaired) electrons. The minimum atomic E-state index is -0.208. The number of aromatic nitrogens is 2. The van der Waals surface area contributed by atoms with Gasteiger partial charge in [-0.3, -0.25) is 9.59 Å². The first-order chi connectivity index (χ1) is 25.2. The smallest absolute Gasteiger partial charge is 0.272 e. The summed E-state index contributed by atoms with van der Waals surface area (Å²) >= 11 is 18.9. The Bertz CT molecular complexity index is 1740. The second kappa shape index (κ2) is 20.2. The average Bonchev–Trinajstić information content (AvgIpc) is 3.50. The molecule has 278 valence electrons. The highest BCUT2D eigenvalue weighted by atomic mass is 35.5. The van der Waals surface area contributed by atoms with Gasteiger partial charge in [0.1, 0.15) is 0 Å². The van der Waals surface area contributed by atoms with Crippen molar-refractivity contribution in [2.75, 3.05) is 32.7 Å². The van der Waals surface area contributed by atoms with E-state index in [1.54, 1.807) is 22.9 Å². The van der Waals surface area contributed by atoms with Crippen LogP contribution < -0.4 is 5.32 Å². The van der Waals surface area contributed by atoms with Gasteiger partial charge in [-0.1, -0.05) is 116 Å². The lowest BCUT2D eigenvalue weighted by Crippen LogP contribution is -2.48. The van der Waals surface area contributed by atoms with Crippen molar-refractivity contribution >= 4 is 46.6 Å². The number of nitrogens with zero attached hydrogens (tertiary/aromatic N) is 4. The summed E-state index contributed by atoms with van der Waals surface area (Å²) in [7, 11) is 0. The Hall–Kier alpha value is -3.36. The number of amides is 2. The highest BCUT2D eigenvalue weighted by molar-refractivity contribution is 6.35. The fourth-order valence-electron chi connectivity index (χ4n) is 7.16. The minimum absolute atomic E-state index is 0.208. The first-order valence-electron chi connectivity index (χ1n) is 18.9. The van der Waals surface area contributed by atoms with Crippen molar-refractivity contribution in [3.05, 3.63) is 105 Å². The van der Waals surface area contributed by atoms with Gasteiger partial charge in [0.15, 0.2) is 5.69 Å². The van der Waals surface area contributed by atoms with Crippen molar-refractivity contribution in [2.45, 2.75) is 90.5 Å². The van der Waals surface area contributed by atoms with Crippen molar-refractivity contribution in [1.82, 2.24) is 24.9 Å². The van der Waals surface area contributed by atoms with E-state index in [1.807, 2.05) is 38.1 Å². The monoisotopic (exact) mass is 763 g/mol. The van der Waals surface area contributed by atoms with Gasteiger partial charge in [-0.25, -0.2) is 4.68 Å². The molecule has 0 saturated carbocycles. The molecule has 0 aliphatic carbocycles. The number of halogens is 3. The molecule has 7 nitrogen and oxygen atoms in total. The van der Waals surface area contributed by atoms with Crippen molar-refractivity contribution in [3.8, 4) is 16.9 Å². The lowest BCUT2D eigenvalue weighted by Gasteiger charge is -2.38. The Morgan fingerprint density at radius 3 is 2.17 bits per heavy atom. The van der Waals surface area contributed by atoms with E-state index >= 15 is 0 Å². The zero-order valence-electron chi connectivity index (χ0n) is 30.6. The highest BCUT2D eigenvalue weighted by Gasteiger charge is 2.27. The summed E-state index contributed by atoms with van der Waals surface area (Å²) in [4.78, 5) is 30.9. The molecule has 1 saturated heterocycles. The topological polar surface area (TPSA) is 70.5 Å². The zero-order valence-corrected chi connectivity index (χ0v) is 32.8. The van der Waals surface area contributed by atoms with Crippen LogP contribution in [0.5, 0.6) is 0 Å². The van der Waals surface area contributed by atoms with Crippen molar-refractivity contribution in [2.24, 2.45) is 0 Å². The minimum Gasteiger partial charge on any atom is -0.351 e. The molecular formula is C42H52Cl3N5O2. The second-order valence-electron chi connectivity index (χ2n) is 13.8. The maximum absolute atomic E-state index is 13.3. The number of unbranched alkanes of at least 4 members (excludes halogenated alkanes) is 6. The third kappa shape index (κ3) is 11.1. The van der Waals surface area contributed by atoms with Crippen molar-refractivity contribution in [1.29, 1.82) is 0 Å². The van der Waals surface area contributed by atoms with Gasteiger partial charge >= 0.3 is 0 Å². The van der Waals surface area contributed by atoms with Gasteiger partial charge in [-0.05, 0) is 74.9 Å². The van der Waals surface area contributed by atoms with E-state index in [1.165, 1.54) is 5.56 Å². The maximum Gasteiger partial charge on any atom is 0.272 e. The summed E-state index contributed by atoms with van der Waals surface area (Å²) in [5.41, 5.74) is 4.79. The summed E-state index contributed by atoms with van der Waals surface area (Å²) in [6, 6.07) is 23.7. The van der Waals surface area contributed by atoms with Crippen molar-refractivity contribution < 1.29 is 9.59 Å². The number of likely N-dealkylation sites (tertiary alicyclic amines) is 1. The standard InChI is InChI=1S/C42H52Cl3N5O2/c1-3-39(51)49(36-23-28-48(29-24-36)27-22-32-14-10-9-11-15-32)26-13-8-6-4-5-7-12-25-46-42(52)40-31(2)41(33-16-18-34(43)19-17-33)50(47-40)38-21-20-35(44)30-37(38)45/h9-11,14-21,30,36H,3-8,12-13,22-29H2,1-2H3,(H,46,52). The van der Waals surface area contributed by atoms with Gasteiger partial charge in [0.25, 0.3) is 5.91 Å². The fraction of sp³-hybridized carbons (Fsp3) is 0.452. The van der Waals surface area contributed by atoms with Crippen LogP contribution in [0.15, 0.2) is 72.8 Å². The lowest BCUT2D eigenvalue weighted by molar-refractivity contribution is -0.134. The molecule has 0 spiro atoms. The number of carbonyl (C=O) groups excluding carboxylic acids is 2. The van der Waals surface area contributed by atoms with Crippen LogP contribution in [0.3, 0.4) is 0 Å². The highest BCUT2D eigenvalue weighted by Crippen LogP contribution is 2.33. The number of piperidine rings is 1. The Labute approximate surface area is 324 Å². The Kier molecular flexibility index (Phi) is 15.5. The molecule has 0 unspecified atom stereocenters. The van der Waals surface area contributed by atoms with E-state index in [9.17, 15) is 9.59 Å². The molecule has 4 aromatic rings. The summed E-state index contributed by atoms with van der Waals surface area (Å²) in [6.45, 7) is 8.56. The molecule has 1 aromatic heterocycles. The summed E-state index contributed by atoms with van der Waals surface area (Å²) in [5.74, 6) is 0.0855. The van der Waals surface area contributed by atoms with Crippen LogP contribution in [0.1, 0.15) is 92.7 Å². The molecule has 3 aromatic carbocycles. The lowest BCUT2D eigenvalue weighted by atomic mass is 10.0. The quantitative estimate of drug-likeness (QED) is 0.102. The number of hydrogen-bond donors (Lipinski definition) is 1.